The van der Waals surface area contributed by atoms with E-state index in [1.54, 1.807) is 22.8 Å². The first-order valence-electron chi connectivity index (χ1n) is 5.44. The maximum Gasteiger partial charge on any atom is 0.231 e. The summed E-state index contributed by atoms with van der Waals surface area (Å²) >= 11 is 0. The van der Waals surface area contributed by atoms with Crippen LogP contribution in [0.25, 0.3) is 0 Å². The monoisotopic (exact) mass is 356 g/mol. The highest BCUT2D eigenvalue weighted by molar-refractivity contribution is 14.0. The molecular formula is C14H15INO2+. The van der Waals surface area contributed by atoms with Gasteiger partial charge in [0.25, 0.3) is 0 Å². The molecular weight excluding hydrogens is 341 g/mol. The summed E-state index contributed by atoms with van der Waals surface area (Å²) in [6.45, 7) is 2.13. The van der Waals surface area contributed by atoms with Crippen molar-refractivity contribution in [3.05, 3.63) is 59.9 Å². The minimum absolute atomic E-state index is 0. The Kier molecular flexibility index (Phi) is 5.27. The number of aryl methyl sites for hydroxylation is 1. The third-order valence-corrected chi connectivity index (χ3v) is 2.56. The maximum atomic E-state index is 12.0. The Bertz CT molecular complexity index is 541. The van der Waals surface area contributed by atoms with E-state index in [4.69, 9.17) is 0 Å². The number of nitrogens with zero attached hydrogens (tertiary/aromatic N) is 1. The first kappa shape index (κ1) is 14.6. The van der Waals surface area contributed by atoms with Gasteiger partial charge in [0.05, 0.1) is 5.56 Å². The van der Waals surface area contributed by atoms with Crippen LogP contribution in [0.15, 0.2) is 48.8 Å². The van der Waals surface area contributed by atoms with Crippen LogP contribution in [0.3, 0.4) is 0 Å². The van der Waals surface area contributed by atoms with Crippen molar-refractivity contribution < 1.29 is 14.5 Å². The van der Waals surface area contributed by atoms with Gasteiger partial charge in [-0.2, -0.15) is 4.57 Å². The molecule has 0 amide bonds. The zero-order chi connectivity index (χ0) is 12.3. The zero-order valence-electron chi connectivity index (χ0n) is 10.0. The van der Waals surface area contributed by atoms with Gasteiger partial charge in [0, 0.05) is 12.1 Å². The molecule has 0 saturated heterocycles. The van der Waals surface area contributed by atoms with Gasteiger partial charge in [0.2, 0.25) is 12.3 Å². The largest absolute Gasteiger partial charge is 0.507 e. The molecule has 1 heterocycles. The quantitative estimate of drug-likeness (QED) is 0.522. The van der Waals surface area contributed by atoms with Crippen LogP contribution < -0.4 is 4.57 Å². The van der Waals surface area contributed by atoms with Crippen molar-refractivity contribution in [2.24, 2.45) is 0 Å². The summed E-state index contributed by atoms with van der Waals surface area (Å²) in [6, 6.07) is 10.7. The maximum absolute atomic E-state index is 12.0. The first-order valence-corrected chi connectivity index (χ1v) is 5.44. The van der Waals surface area contributed by atoms with Gasteiger partial charge in [-0.15, -0.1) is 24.0 Å². The van der Waals surface area contributed by atoms with Crippen molar-refractivity contribution in [2.45, 2.75) is 13.5 Å². The van der Waals surface area contributed by atoms with Crippen LogP contribution in [0.2, 0.25) is 0 Å². The number of hydrogen-bond donors (Lipinski definition) is 1. The lowest BCUT2D eigenvalue weighted by Crippen LogP contribution is -2.36. The number of aromatic hydroxyl groups is 1. The fourth-order valence-electron chi connectivity index (χ4n) is 1.66. The van der Waals surface area contributed by atoms with E-state index in [-0.39, 0.29) is 42.1 Å². The summed E-state index contributed by atoms with van der Waals surface area (Å²) in [5.41, 5.74) is 1.34. The Balaban J connectivity index is 0.00000162. The molecule has 0 aliphatic rings. The highest BCUT2D eigenvalue weighted by atomic mass is 127. The van der Waals surface area contributed by atoms with Crippen LogP contribution in [-0.4, -0.2) is 10.9 Å². The number of benzene rings is 1. The number of aromatic nitrogens is 1. The molecule has 0 radical (unpaired) electrons. The summed E-state index contributed by atoms with van der Waals surface area (Å²) in [4.78, 5) is 12.0. The van der Waals surface area contributed by atoms with Gasteiger partial charge in [0.15, 0.2) is 12.4 Å². The van der Waals surface area contributed by atoms with Crippen LogP contribution >= 0.6 is 24.0 Å². The Labute approximate surface area is 123 Å². The molecule has 2 rings (SSSR count). The zero-order valence-corrected chi connectivity index (χ0v) is 12.4. The average Bonchev–Trinajstić information content (AvgIpc) is 2.33. The standard InChI is InChI=1S/C14H13NO2.HI/c1-11-5-6-13(16)12(9-11)14(17)10-15-7-3-2-4-8-15;/h2-9H,10H2,1H3;1H/p+1. The average molecular weight is 356 g/mol. The first-order chi connectivity index (χ1) is 8.16. The van der Waals surface area contributed by atoms with Crippen molar-refractivity contribution in [1.29, 1.82) is 0 Å². The van der Waals surface area contributed by atoms with Crippen LogP contribution in [0, 0.1) is 6.92 Å². The molecule has 3 nitrogen and oxygen atoms in total. The summed E-state index contributed by atoms with van der Waals surface area (Å²) in [6.07, 6.45) is 3.65. The van der Waals surface area contributed by atoms with Crippen LogP contribution in [0.4, 0.5) is 0 Å². The number of halogens is 1. The number of Topliss-reactive ketones (excluding diaryl/α,β-unsaturated/α-hetero) is 1. The number of hydrogen-bond acceptors (Lipinski definition) is 2. The number of phenols is 1. The molecule has 2 aromatic rings. The molecule has 1 N–H and O–H groups in total. The van der Waals surface area contributed by atoms with E-state index in [0.29, 0.717) is 5.56 Å². The van der Waals surface area contributed by atoms with Crippen molar-refractivity contribution >= 4 is 29.8 Å². The van der Waals surface area contributed by atoms with Crippen molar-refractivity contribution in [3.63, 3.8) is 0 Å². The van der Waals surface area contributed by atoms with E-state index >= 15 is 0 Å². The predicted molar refractivity (Wildman–Crippen MR) is 79.2 cm³/mol. The minimum atomic E-state index is -0.0950. The van der Waals surface area contributed by atoms with E-state index in [2.05, 4.69) is 0 Å². The van der Waals surface area contributed by atoms with E-state index in [1.165, 1.54) is 0 Å². The van der Waals surface area contributed by atoms with Crippen molar-refractivity contribution in [2.75, 3.05) is 0 Å². The third-order valence-electron chi connectivity index (χ3n) is 2.56. The smallest absolute Gasteiger partial charge is 0.231 e. The highest BCUT2D eigenvalue weighted by Crippen LogP contribution is 2.18. The van der Waals surface area contributed by atoms with Crippen molar-refractivity contribution in [3.8, 4) is 5.75 Å². The Morgan fingerprint density at radius 1 is 1.22 bits per heavy atom. The number of pyridine rings is 1. The molecule has 1 aromatic carbocycles. The second-order valence-corrected chi connectivity index (χ2v) is 3.99. The van der Waals surface area contributed by atoms with Crippen molar-refractivity contribution in [1.82, 2.24) is 0 Å². The molecule has 18 heavy (non-hydrogen) atoms. The molecule has 0 unspecified atom stereocenters. The second-order valence-electron chi connectivity index (χ2n) is 3.99. The highest BCUT2D eigenvalue weighted by Gasteiger charge is 2.15. The molecule has 0 fully saturated rings. The molecule has 94 valence electrons. The summed E-state index contributed by atoms with van der Waals surface area (Å²) in [5, 5.41) is 9.65. The normalized spacial score (nSPS) is 9.61. The van der Waals surface area contributed by atoms with Crippen LogP contribution in [0.5, 0.6) is 5.75 Å². The van der Waals surface area contributed by atoms with Gasteiger partial charge >= 0.3 is 0 Å². The lowest BCUT2D eigenvalue weighted by atomic mass is 10.1. The number of carbonyl (C=O) groups is 1. The van der Waals surface area contributed by atoms with Gasteiger partial charge in [-0.05, 0) is 19.1 Å². The Hall–Kier alpha value is -1.43. The van der Waals surface area contributed by atoms with Gasteiger partial charge in [-0.3, -0.25) is 4.79 Å². The molecule has 0 saturated carbocycles. The predicted octanol–water partition coefficient (Wildman–Crippen LogP) is 2.49. The molecule has 1 aromatic heterocycles. The Morgan fingerprint density at radius 3 is 2.56 bits per heavy atom. The summed E-state index contributed by atoms with van der Waals surface area (Å²) < 4.78 is 1.78. The van der Waals surface area contributed by atoms with Gasteiger partial charge in [-0.1, -0.05) is 17.7 Å². The van der Waals surface area contributed by atoms with Gasteiger partial charge < -0.3 is 5.11 Å². The SMILES string of the molecule is Cc1ccc(O)c(C(=O)C[n+]2ccccc2)c1.I. The third kappa shape index (κ3) is 3.53. The van der Waals surface area contributed by atoms with E-state index in [9.17, 15) is 9.90 Å². The van der Waals surface area contributed by atoms with E-state index in [0.717, 1.165) is 5.56 Å². The summed E-state index contributed by atoms with van der Waals surface area (Å²) in [7, 11) is 0. The van der Waals surface area contributed by atoms with E-state index in [1.807, 2.05) is 37.5 Å². The van der Waals surface area contributed by atoms with Gasteiger partial charge in [0.1, 0.15) is 5.75 Å². The number of carbonyl (C=O) groups excluding carboxylic acids is 1. The Morgan fingerprint density at radius 2 is 1.89 bits per heavy atom. The minimum Gasteiger partial charge on any atom is -0.507 e. The van der Waals surface area contributed by atoms with Gasteiger partial charge in [-0.25, -0.2) is 0 Å². The molecule has 0 spiro atoms. The lowest BCUT2D eigenvalue weighted by molar-refractivity contribution is -0.683. The van der Waals surface area contributed by atoms with Crippen LogP contribution in [0.1, 0.15) is 15.9 Å². The fourth-order valence-corrected chi connectivity index (χ4v) is 1.66. The number of rotatable bonds is 3. The number of phenolic OH excluding ortho intramolecular Hbond substituents is 1. The van der Waals surface area contributed by atoms with E-state index < -0.39 is 0 Å². The lowest BCUT2D eigenvalue weighted by Gasteiger charge is -2.02. The van der Waals surface area contributed by atoms with Crippen LogP contribution in [-0.2, 0) is 6.54 Å². The molecule has 0 aliphatic carbocycles. The molecule has 4 heteroatoms. The summed E-state index contributed by atoms with van der Waals surface area (Å²) in [5.74, 6) is -0.0560. The topological polar surface area (TPSA) is 41.2 Å². The second kappa shape index (κ2) is 6.49. The molecule has 0 aliphatic heterocycles. The molecule has 0 bridgehead atoms. The molecule has 0 atom stereocenters. The fraction of sp³-hybridized carbons (Fsp3) is 0.143. The number of ketones is 1.